The van der Waals surface area contributed by atoms with Crippen LogP contribution in [0.4, 0.5) is 10.1 Å². The van der Waals surface area contributed by atoms with Gasteiger partial charge in [-0.1, -0.05) is 6.92 Å². The van der Waals surface area contributed by atoms with Crippen LogP contribution in [-0.4, -0.2) is 32.3 Å². The number of nitrogens with zero attached hydrogens (tertiary/aromatic N) is 1. The molecule has 1 aromatic carbocycles. The highest BCUT2D eigenvalue weighted by atomic mass is 19.1. The first kappa shape index (κ1) is 16.2. The van der Waals surface area contributed by atoms with Crippen molar-refractivity contribution in [2.45, 2.75) is 46.3 Å². The Morgan fingerprint density at radius 2 is 2.24 bits per heavy atom. The van der Waals surface area contributed by atoms with Crippen molar-refractivity contribution in [3.05, 3.63) is 29.1 Å². The second-order valence-corrected chi connectivity index (χ2v) is 5.92. The van der Waals surface area contributed by atoms with Gasteiger partial charge in [-0.05, 0) is 57.0 Å². The van der Waals surface area contributed by atoms with Crippen LogP contribution >= 0.6 is 0 Å². The van der Waals surface area contributed by atoms with Gasteiger partial charge in [0.25, 0.3) is 0 Å². The van der Waals surface area contributed by atoms with Gasteiger partial charge in [-0.15, -0.1) is 0 Å². The number of hydrogen-bond donors (Lipinski definition) is 1. The van der Waals surface area contributed by atoms with Crippen LogP contribution in [0.5, 0.6) is 0 Å². The van der Waals surface area contributed by atoms with E-state index < -0.39 is 0 Å². The predicted molar refractivity (Wildman–Crippen MR) is 85.5 cm³/mol. The third-order valence-electron chi connectivity index (χ3n) is 4.08. The number of rotatable bonds is 4. The van der Waals surface area contributed by atoms with Gasteiger partial charge in [-0.3, -0.25) is 0 Å². The summed E-state index contributed by atoms with van der Waals surface area (Å²) >= 11 is 0. The van der Waals surface area contributed by atoms with E-state index in [9.17, 15) is 4.39 Å². The number of hydrogen-bond acceptors (Lipinski definition) is 3. The predicted octanol–water partition coefficient (Wildman–Crippen LogP) is 3.42. The van der Waals surface area contributed by atoms with Crippen molar-refractivity contribution in [2.24, 2.45) is 0 Å². The summed E-state index contributed by atoms with van der Waals surface area (Å²) in [4.78, 5) is 2.34. The van der Waals surface area contributed by atoms with Gasteiger partial charge >= 0.3 is 0 Å². The maximum Gasteiger partial charge on any atom is 0.126 e. The third kappa shape index (κ3) is 3.95. The molecule has 1 aliphatic heterocycles. The maximum absolute atomic E-state index is 14.0. The van der Waals surface area contributed by atoms with E-state index in [1.165, 1.54) is 0 Å². The summed E-state index contributed by atoms with van der Waals surface area (Å²) in [6.45, 7) is 11.6. The van der Waals surface area contributed by atoms with E-state index in [1.807, 2.05) is 13.0 Å². The molecule has 0 spiro atoms. The number of halogens is 1. The van der Waals surface area contributed by atoms with E-state index in [2.05, 4.69) is 31.0 Å². The van der Waals surface area contributed by atoms with E-state index in [0.29, 0.717) is 5.56 Å². The van der Waals surface area contributed by atoms with E-state index in [4.69, 9.17) is 4.74 Å². The molecule has 1 N–H and O–H groups in total. The molecule has 1 aliphatic rings. The lowest BCUT2D eigenvalue weighted by Crippen LogP contribution is -2.32. The molecule has 0 saturated carbocycles. The maximum atomic E-state index is 14.0. The summed E-state index contributed by atoms with van der Waals surface area (Å²) in [5.74, 6) is -0.127. The Morgan fingerprint density at radius 1 is 1.48 bits per heavy atom. The van der Waals surface area contributed by atoms with Crippen molar-refractivity contribution in [1.29, 1.82) is 0 Å². The van der Waals surface area contributed by atoms with Gasteiger partial charge in [-0.2, -0.15) is 0 Å². The SMILES string of the molecule is CCNC(C)c1cc(F)c(C)cc1N1CCCOC(C)C1. The van der Waals surface area contributed by atoms with Crippen molar-refractivity contribution in [1.82, 2.24) is 5.32 Å². The molecule has 2 rings (SSSR count). The summed E-state index contributed by atoms with van der Waals surface area (Å²) in [6, 6.07) is 3.81. The van der Waals surface area contributed by atoms with Gasteiger partial charge in [-0.25, -0.2) is 4.39 Å². The number of ether oxygens (including phenoxy) is 1. The molecule has 0 aliphatic carbocycles. The molecule has 0 amide bonds. The molecular weight excluding hydrogens is 267 g/mol. The molecule has 0 bridgehead atoms. The van der Waals surface area contributed by atoms with Crippen LogP contribution in [0.15, 0.2) is 12.1 Å². The molecule has 118 valence electrons. The smallest absolute Gasteiger partial charge is 0.126 e. The summed E-state index contributed by atoms with van der Waals surface area (Å²) in [5.41, 5.74) is 2.88. The lowest BCUT2D eigenvalue weighted by Gasteiger charge is -2.29. The number of nitrogens with one attached hydrogen (secondary N) is 1. The number of benzene rings is 1. The quantitative estimate of drug-likeness (QED) is 0.921. The molecule has 4 heteroatoms. The minimum atomic E-state index is -0.127. The van der Waals surface area contributed by atoms with E-state index in [0.717, 1.165) is 43.9 Å². The van der Waals surface area contributed by atoms with Gasteiger partial charge in [0.15, 0.2) is 0 Å². The Morgan fingerprint density at radius 3 is 2.95 bits per heavy atom. The molecule has 1 heterocycles. The highest BCUT2D eigenvalue weighted by molar-refractivity contribution is 5.57. The summed E-state index contributed by atoms with van der Waals surface area (Å²) in [5, 5.41) is 3.39. The molecule has 1 saturated heterocycles. The zero-order valence-corrected chi connectivity index (χ0v) is 13.6. The average Bonchev–Trinajstić information content (AvgIpc) is 2.66. The van der Waals surface area contributed by atoms with Crippen LogP contribution in [-0.2, 0) is 4.74 Å². The molecular formula is C17H27FN2O. The zero-order valence-electron chi connectivity index (χ0n) is 13.6. The molecule has 2 atom stereocenters. The first-order valence-corrected chi connectivity index (χ1v) is 7.93. The lowest BCUT2D eigenvalue weighted by molar-refractivity contribution is 0.0820. The van der Waals surface area contributed by atoms with Gasteiger partial charge in [0.2, 0.25) is 0 Å². The second-order valence-electron chi connectivity index (χ2n) is 5.92. The molecule has 0 radical (unpaired) electrons. The van der Waals surface area contributed by atoms with Crippen molar-refractivity contribution >= 4 is 5.69 Å². The second kappa shape index (κ2) is 7.23. The molecule has 21 heavy (non-hydrogen) atoms. The average molecular weight is 294 g/mol. The van der Waals surface area contributed by atoms with Crippen LogP contribution in [0.2, 0.25) is 0 Å². The van der Waals surface area contributed by atoms with Gasteiger partial charge in [0.1, 0.15) is 5.82 Å². The first-order valence-electron chi connectivity index (χ1n) is 7.93. The third-order valence-corrected chi connectivity index (χ3v) is 4.08. The van der Waals surface area contributed by atoms with Crippen molar-refractivity contribution in [3.63, 3.8) is 0 Å². The highest BCUT2D eigenvalue weighted by Crippen LogP contribution is 2.30. The first-order chi connectivity index (χ1) is 10.0. The fourth-order valence-electron chi connectivity index (χ4n) is 2.93. The van der Waals surface area contributed by atoms with Gasteiger partial charge in [0.05, 0.1) is 6.10 Å². The van der Waals surface area contributed by atoms with E-state index in [1.54, 1.807) is 6.07 Å². The van der Waals surface area contributed by atoms with Crippen LogP contribution in [0, 0.1) is 12.7 Å². The molecule has 1 aromatic rings. The number of anilines is 1. The summed E-state index contributed by atoms with van der Waals surface area (Å²) < 4.78 is 19.7. The molecule has 1 fully saturated rings. The normalized spacial score (nSPS) is 21.2. The van der Waals surface area contributed by atoms with Crippen molar-refractivity contribution in [3.8, 4) is 0 Å². The summed E-state index contributed by atoms with van der Waals surface area (Å²) in [6.07, 6.45) is 1.22. The number of aryl methyl sites for hydroxylation is 1. The van der Waals surface area contributed by atoms with E-state index >= 15 is 0 Å². The Balaban J connectivity index is 2.37. The van der Waals surface area contributed by atoms with Crippen LogP contribution in [0.3, 0.4) is 0 Å². The zero-order chi connectivity index (χ0) is 15.4. The van der Waals surface area contributed by atoms with Crippen LogP contribution < -0.4 is 10.2 Å². The monoisotopic (exact) mass is 294 g/mol. The van der Waals surface area contributed by atoms with Crippen molar-refractivity contribution in [2.75, 3.05) is 31.1 Å². The van der Waals surface area contributed by atoms with Crippen LogP contribution in [0.25, 0.3) is 0 Å². The van der Waals surface area contributed by atoms with Gasteiger partial charge < -0.3 is 15.0 Å². The fourth-order valence-corrected chi connectivity index (χ4v) is 2.93. The molecule has 0 aromatic heterocycles. The fraction of sp³-hybridized carbons (Fsp3) is 0.647. The highest BCUT2D eigenvalue weighted by Gasteiger charge is 2.21. The minimum absolute atomic E-state index is 0.127. The largest absolute Gasteiger partial charge is 0.377 e. The van der Waals surface area contributed by atoms with Crippen LogP contribution in [0.1, 0.15) is 44.4 Å². The van der Waals surface area contributed by atoms with E-state index in [-0.39, 0.29) is 18.0 Å². The molecule has 2 unspecified atom stereocenters. The Labute approximate surface area is 127 Å². The van der Waals surface area contributed by atoms with Crippen molar-refractivity contribution < 1.29 is 9.13 Å². The van der Waals surface area contributed by atoms with Gasteiger partial charge in [0, 0.05) is 31.4 Å². The Kier molecular flexibility index (Phi) is 5.59. The Hall–Kier alpha value is -1.13. The Bertz CT molecular complexity index is 478. The summed E-state index contributed by atoms with van der Waals surface area (Å²) in [7, 11) is 0. The molecule has 3 nitrogen and oxygen atoms in total. The minimum Gasteiger partial charge on any atom is -0.377 e. The standard InChI is InChI=1S/C17H27FN2O/c1-5-19-14(4)15-10-16(18)12(2)9-17(15)20-7-6-8-21-13(3)11-20/h9-10,13-14,19H,5-8,11H2,1-4H3. The topological polar surface area (TPSA) is 24.5 Å². The lowest BCUT2D eigenvalue weighted by atomic mass is 10.0.